The van der Waals surface area contributed by atoms with Crippen molar-refractivity contribution in [2.45, 2.75) is 82.3 Å². The van der Waals surface area contributed by atoms with E-state index >= 15 is 0 Å². The lowest BCUT2D eigenvalue weighted by atomic mass is 9.55. The van der Waals surface area contributed by atoms with Crippen LogP contribution >= 0.6 is 0 Å². The third-order valence-corrected chi connectivity index (χ3v) is 13.7. The molecule has 4 aromatic carbocycles. The number of aldehydes is 1. The molecule has 6 atom stereocenters. The molecular formula is C55H61N3O14. The lowest BCUT2D eigenvalue weighted by Gasteiger charge is -2.59. The van der Waals surface area contributed by atoms with Gasteiger partial charge in [0.25, 0.3) is 5.69 Å². The van der Waals surface area contributed by atoms with Crippen molar-refractivity contribution in [3.05, 3.63) is 148 Å². The maximum atomic E-state index is 14.9. The minimum Gasteiger partial charge on any atom is -0.496 e. The third kappa shape index (κ3) is 11.1. The number of rotatable bonds is 25. The van der Waals surface area contributed by atoms with Gasteiger partial charge in [0.05, 0.1) is 42.4 Å². The summed E-state index contributed by atoms with van der Waals surface area (Å²) in [5, 5.41) is 36.5. The summed E-state index contributed by atoms with van der Waals surface area (Å²) in [6, 6.07) is 21.2. The monoisotopic (exact) mass is 987 g/mol. The number of aliphatic hydroxyl groups excluding tert-OH is 2. The molecule has 8 rings (SSSR count). The second-order valence-corrected chi connectivity index (χ2v) is 18.1. The molecule has 1 fully saturated rings. The number of hydrogen-bond donors (Lipinski definition) is 2. The highest BCUT2D eigenvalue weighted by Gasteiger charge is 2.66. The van der Waals surface area contributed by atoms with Crippen molar-refractivity contribution in [2.24, 2.45) is 22.9 Å². The first-order chi connectivity index (χ1) is 35.1. The largest absolute Gasteiger partial charge is 0.496 e. The predicted octanol–water partition coefficient (Wildman–Crippen LogP) is 9.99. The van der Waals surface area contributed by atoms with Gasteiger partial charge in [0.2, 0.25) is 12.6 Å². The average molecular weight is 988 g/mol. The highest BCUT2D eigenvalue weighted by Crippen LogP contribution is 2.62. The zero-order valence-corrected chi connectivity index (χ0v) is 40.4. The van der Waals surface area contributed by atoms with E-state index in [-0.39, 0.29) is 70.3 Å². The maximum absolute atomic E-state index is 14.9. The lowest BCUT2D eigenvalue weighted by molar-refractivity contribution is -0.384. The number of unbranched alkanes of at least 4 members (excludes halogenated alkanes) is 2. The summed E-state index contributed by atoms with van der Waals surface area (Å²) < 4.78 is 43.9. The molecule has 1 amide bonds. The van der Waals surface area contributed by atoms with Crippen molar-refractivity contribution in [1.82, 2.24) is 4.90 Å². The van der Waals surface area contributed by atoms with Gasteiger partial charge in [0, 0.05) is 49.8 Å². The molecule has 0 bridgehead atoms. The first kappa shape index (κ1) is 51.2. The van der Waals surface area contributed by atoms with Gasteiger partial charge in [-0.25, -0.2) is 4.79 Å². The van der Waals surface area contributed by atoms with Crippen LogP contribution in [0, 0.1) is 27.9 Å². The number of hydrogen-bond acceptors (Lipinski definition) is 15. The van der Waals surface area contributed by atoms with Crippen LogP contribution in [0.2, 0.25) is 0 Å². The minimum atomic E-state index is -1.62. The number of allylic oxidation sites excluding steroid dienone is 1. The molecule has 4 aromatic rings. The summed E-state index contributed by atoms with van der Waals surface area (Å²) in [5.74, 6) is 0.0549. The number of ether oxygens (including phenoxy) is 7. The fourth-order valence-corrected chi connectivity index (χ4v) is 10.5. The van der Waals surface area contributed by atoms with Crippen LogP contribution in [0.25, 0.3) is 0 Å². The number of amides is 1. The van der Waals surface area contributed by atoms with Gasteiger partial charge in [0.1, 0.15) is 35.6 Å². The zero-order valence-electron chi connectivity index (χ0n) is 40.4. The number of benzene rings is 4. The number of methoxy groups -OCH3 is 1. The van der Waals surface area contributed by atoms with E-state index in [2.05, 4.69) is 19.2 Å². The van der Waals surface area contributed by atoms with Gasteiger partial charge in [-0.15, -0.1) is 13.2 Å². The molecule has 4 aliphatic rings. The molecule has 2 N–H and O–H groups in total. The standard InChI is InChI=1S/C55H61N3O14/c1-4-6-26-66-54(62)57(32-37-15-20-49-50(27-37)68-35-67-49)51-31-46(56-70-34-36-13-16-40(17-14-36)58(63)64)44-29-38(11-7-9-23-59)43(12-8-10-24-60)52-45-30-42(71-41-18-21-47(65-3)39(28-41)33-61)19-22-48(45)72-55(51,53(44)52)69-25-5-2/h4-5,13-22,27-30,33,38,43,51-53,59-60H,1-2,6-12,23-26,31-32,34-35H2,3H3. The summed E-state index contributed by atoms with van der Waals surface area (Å²) in [5.41, 5.74) is 3.77. The molecule has 380 valence electrons. The van der Waals surface area contributed by atoms with Gasteiger partial charge in [-0.3, -0.25) is 19.8 Å². The summed E-state index contributed by atoms with van der Waals surface area (Å²) in [4.78, 5) is 45.8. The van der Waals surface area contributed by atoms with Gasteiger partial charge in [0.15, 0.2) is 17.8 Å². The van der Waals surface area contributed by atoms with Crippen LogP contribution in [0.3, 0.4) is 0 Å². The fraction of sp³-hybridized carbons (Fsp3) is 0.400. The van der Waals surface area contributed by atoms with E-state index in [0.717, 1.165) is 24.0 Å². The highest BCUT2D eigenvalue weighted by atomic mass is 16.7. The Morgan fingerprint density at radius 3 is 2.39 bits per heavy atom. The highest BCUT2D eigenvalue weighted by molar-refractivity contribution is 6.03. The Hall–Kier alpha value is -7.21. The van der Waals surface area contributed by atoms with Gasteiger partial charge in [-0.2, -0.15) is 0 Å². The number of carbonyl (C=O) groups is 2. The average Bonchev–Trinajstić information content (AvgIpc) is 3.87. The molecule has 2 aliphatic heterocycles. The Labute approximate surface area is 418 Å². The number of aliphatic hydroxyl groups is 2. The van der Waals surface area contributed by atoms with Crippen molar-refractivity contribution in [3.63, 3.8) is 0 Å². The van der Waals surface area contributed by atoms with Crippen LogP contribution < -0.4 is 23.7 Å². The number of carbonyl (C=O) groups excluding carboxylic acids is 2. The quantitative estimate of drug-likeness (QED) is 0.0208. The number of nitro groups is 1. The van der Waals surface area contributed by atoms with E-state index in [1.54, 1.807) is 59.5 Å². The van der Waals surface area contributed by atoms with Crippen LogP contribution in [-0.2, 0) is 27.5 Å². The Balaban J connectivity index is 1.33. The van der Waals surface area contributed by atoms with Crippen LogP contribution in [0.15, 0.2) is 121 Å². The molecule has 17 nitrogen and oxygen atoms in total. The van der Waals surface area contributed by atoms with E-state index in [1.165, 1.54) is 19.2 Å². The minimum absolute atomic E-state index is 0.0134. The zero-order chi connectivity index (χ0) is 50.6. The molecule has 0 spiro atoms. The van der Waals surface area contributed by atoms with Crippen molar-refractivity contribution in [1.29, 1.82) is 0 Å². The number of oxime groups is 1. The molecular weight excluding hydrogens is 927 g/mol. The summed E-state index contributed by atoms with van der Waals surface area (Å²) in [6.07, 6.45) is 10.1. The van der Waals surface area contributed by atoms with Crippen molar-refractivity contribution in [3.8, 4) is 34.5 Å². The summed E-state index contributed by atoms with van der Waals surface area (Å²) in [7, 11) is 1.49. The molecule has 1 saturated carbocycles. The van der Waals surface area contributed by atoms with Gasteiger partial charge in [-0.05, 0) is 121 Å². The van der Waals surface area contributed by atoms with E-state index in [9.17, 15) is 29.9 Å². The number of fused-ring (bicyclic) bond motifs is 3. The molecule has 6 unspecified atom stereocenters. The van der Waals surface area contributed by atoms with Crippen LogP contribution in [0.1, 0.15) is 84.3 Å². The van der Waals surface area contributed by atoms with E-state index in [0.29, 0.717) is 95.3 Å². The number of non-ortho nitro benzene ring substituents is 1. The normalized spacial score (nSPS) is 21.8. The Kier molecular flexibility index (Phi) is 16.9. The SMILES string of the molecule is C=CCCOC(=O)N(Cc1ccc2c(c1)OCO2)C1CC(=NOCc2ccc([N+](=O)[O-])cc2)C2=CC(CCCCO)C(CCCCO)C3c4cc(Oc5ccc(OC)c(C=O)c5)ccc4OC1(OCC=C)C23. The van der Waals surface area contributed by atoms with Crippen LogP contribution in [0.4, 0.5) is 10.5 Å². The Morgan fingerprint density at radius 2 is 1.65 bits per heavy atom. The molecule has 72 heavy (non-hydrogen) atoms. The van der Waals surface area contributed by atoms with Crippen LogP contribution in [-0.4, -0.2) is 90.3 Å². The molecule has 17 heteroatoms. The number of nitrogens with zero attached hydrogens (tertiary/aromatic N) is 3. The molecule has 2 heterocycles. The second-order valence-electron chi connectivity index (χ2n) is 18.1. The van der Waals surface area contributed by atoms with Crippen LogP contribution in [0.5, 0.6) is 34.5 Å². The van der Waals surface area contributed by atoms with Gasteiger partial charge < -0.3 is 48.2 Å². The topological polar surface area (TPSA) is 207 Å². The van der Waals surface area contributed by atoms with Crippen molar-refractivity contribution < 1.29 is 62.7 Å². The summed E-state index contributed by atoms with van der Waals surface area (Å²) in [6.45, 7) is 8.07. The molecule has 0 saturated heterocycles. The summed E-state index contributed by atoms with van der Waals surface area (Å²) >= 11 is 0. The lowest BCUT2D eigenvalue weighted by Crippen LogP contribution is -2.70. The molecule has 0 aromatic heterocycles. The fourth-order valence-electron chi connectivity index (χ4n) is 10.5. The first-order valence-corrected chi connectivity index (χ1v) is 24.3. The molecule has 2 aliphatic carbocycles. The third-order valence-electron chi connectivity index (χ3n) is 13.7. The Bertz CT molecular complexity index is 2650. The first-order valence-electron chi connectivity index (χ1n) is 24.3. The Morgan fingerprint density at radius 1 is 0.917 bits per heavy atom. The van der Waals surface area contributed by atoms with E-state index < -0.39 is 34.7 Å². The van der Waals surface area contributed by atoms with Gasteiger partial charge in [-0.1, -0.05) is 42.3 Å². The predicted molar refractivity (Wildman–Crippen MR) is 266 cm³/mol. The molecule has 0 radical (unpaired) electrons. The maximum Gasteiger partial charge on any atom is 0.410 e. The van der Waals surface area contributed by atoms with Crippen molar-refractivity contribution >= 4 is 23.8 Å². The van der Waals surface area contributed by atoms with Gasteiger partial charge >= 0.3 is 6.09 Å². The smallest absolute Gasteiger partial charge is 0.410 e. The van der Waals surface area contributed by atoms with E-state index in [1.807, 2.05) is 24.3 Å². The number of nitro benzene ring substituents is 1. The van der Waals surface area contributed by atoms with Crippen molar-refractivity contribution in [2.75, 3.05) is 40.3 Å². The van der Waals surface area contributed by atoms with E-state index in [4.69, 9.17) is 43.2 Å². The second kappa shape index (κ2) is 23.8.